The van der Waals surface area contributed by atoms with E-state index in [-0.39, 0.29) is 37.6 Å². The number of nitrogens with zero attached hydrogens (tertiary/aromatic N) is 5. The molecule has 1 aliphatic carbocycles. The second-order valence-corrected chi connectivity index (χ2v) is 24.0. The maximum Gasteiger partial charge on any atom is 0.252 e. The fraction of sp³-hybridized carbons (Fsp3) is 0.342. The third kappa shape index (κ3) is 15.0. The van der Waals surface area contributed by atoms with Crippen molar-refractivity contribution in [2.45, 2.75) is 109 Å². The zero-order chi connectivity index (χ0) is 59.9. The van der Waals surface area contributed by atoms with Crippen molar-refractivity contribution < 1.29 is 38.0 Å². The van der Waals surface area contributed by atoms with Crippen LogP contribution < -0.4 is 19.3 Å². The van der Waals surface area contributed by atoms with E-state index >= 15 is 0 Å². The molecule has 13 nitrogen and oxygen atoms in total. The second kappa shape index (κ2) is 29.1. The Morgan fingerprint density at radius 3 is 1.36 bits per heavy atom. The first-order valence-electron chi connectivity index (χ1n) is 30.0. The zero-order valence-electron chi connectivity index (χ0n) is 49.0. The first-order chi connectivity index (χ1) is 42.4. The van der Waals surface area contributed by atoms with E-state index in [2.05, 4.69) is 64.5 Å². The molecule has 8 aromatic carbocycles. The van der Waals surface area contributed by atoms with E-state index in [1.807, 2.05) is 108 Å². The number of piperidine rings is 1. The fourth-order valence-corrected chi connectivity index (χ4v) is 13.1. The molecule has 8 aromatic rings. The number of benzodiazepines with no additional fused rings is 2. The number of benzene rings is 8. The summed E-state index contributed by atoms with van der Waals surface area (Å²) < 4.78 is 33.8. The van der Waals surface area contributed by atoms with Crippen molar-refractivity contribution >= 4 is 90.5 Å². The average Bonchev–Trinajstić information content (AvgIpc) is 2.43. The minimum absolute atomic E-state index is 0. The lowest BCUT2D eigenvalue weighted by molar-refractivity contribution is -0.180. The van der Waals surface area contributed by atoms with Crippen molar-refractivity contribution in [3.63, 3.8) is 0 Å². The van der Waals surface area contributed by atoms with E-state index in [4.69, 9.17) is 68.2 Å². The van der Waals surface area contributed by atoms with Crippen LogP contribution >= 0.6 is 34.8 Å². The molecule has 6 aliphatic rings. The summed E-state index contributed by atoms with van der Waals surface area (Å²) in [6, 6.07) is 54.4. The number of carbonyl (C=O) groups is 2. The number of ether oxygens (including phenoxy) is 6. The van der Waals surface area contributed by atoms with E-state index in [9.17, 15) is 9.59 Å². The van der Waals surface area contributed by atoms with Crippen LogP contribution in [0.5, 0.6) is 11.5 Å². The number of halogens is 3. The van der Waals surface area contributed by atoms with Crippen molar-refractivity contribution in [3.8, 4) is 11.5 Å². The molecule has 2 spiro atoms. The van der Waals surface area contributed by atoms with E-state index in [1.165, 1.54) is 24.6 Å². The summed E-state index contributed by atoms with van der Waals surface area (Å²) in [6.45, 7) is 5.06. The number of fused-ring (bicyclic) bond motifs is 4. The molecular weight excluding hydrogens is 1180 g/mol. The highest BCUT2D eigenvalue weighted by Gasteiger charge is 2.43. The Morgan fingerprint density at radius 2 is 0.888 bits per heavy atom. The molecule has 89 heavy (non-hydrogen) atoms. The third-order valence-corrected chi connectivity index (χ3v) is 17.9. The van der Waals surface area contributed by atoms with Crippen molar-refractivity contribution in [1.82, 2.24) is 4.90 Å². The minimum Gasteiger partial charge on any atom is -0.497 e. The summed E-state index contributed by atoms with van der Waals surface area (Å²) in [4.78, 5) is 44.2. The van der Waals surface area contributed by atoms with Crippen LogP contribution in [0, 0.1) is 0 Å². The molecule has 14 rings (SSSR count). The molecule has 2 unspecified atom stereocenters. The molecule has 5 heterocycles. The van der Waals surface area contributed by atoms with Crippen LogP contribution in [-0.2, 0) is 54.5 Å². The SMILES string of the molecule is C.C.C1CCC2(CC1)OCCO2.COc1ccc(CN2C(=O)C(Cc3ccc4ccccc4c3)N=C(Cl)c3cc(Cl)ccc32)cc1.COc1ccc(CN2C(=O)C(Cc3ccc4ccccc4c3)N=C(N3CCC4(CC3)OCCO4)c3cc(Cl)ccc32)cc1. The molecule has 0 aromatic heterocycles. The molecule has 16 heteroatoms. The van der Waals surface area contributed by atoms with Crippen molar-refractivity contribution in [2.24, 2.45) is 9.98 Å². The van der Waals surface area contributed by atoms with Crippen LogP contribution in [0.4, 0.5) is 11.4 Å². The number of carbonyl (C=O) groups excluding carboxylic acids is 2. The van der Waals surface area contributed by atoms with Gasteiger partial charge in [0.05, 0.1) is 65.1 Å². The molecule has 3 saturated heterocycles. The highest BCUT2D eigenvalue weighted by Crippen LogP contribution is 2.39. The number of amidine groups is 1. The Balaban J connectivity index is 0.000000169. The van der Waals surface area contributed by atoms with Gasteiger partial charge in [0.2, 0.25) is 0 Å². The monoisotopic (exact) mass is 1260 g/mol. The molecule has 5 aliphatic heterocycles. The summed E-state index contributed by atoms with van der Waals surface area (Å²) in [5, 5.41) is 6.03. The summed E-state index contributed by atoms with van der Waals surface area (Å²) in [7, 11) is 3.28. The number of rotatable bonds is 10. The Kier molecular flexibility index (Phi) is 21.1. The molecule has 1 saturated carbocycles. The van der Waals surface area contributed by atoms with E-state index in [0.717, 1.165) is 106 Å². The number of hydrogen-bond acceptors (Lipinski definition) is 11. The Hall–Kier alpha value is -7.33. The van der Waals surface area contributed by atoms with Gasteiger partial charge in [-0.05, 0) is 117 Å². The first kappa shape index (κ1) is 64.6. The van der Waals surface area contributed by atoms with Gasteiger partial charge in [-0.15, -0.1) is 0 Å². The lowest BCUT2D eigenvalue weighted by Crippen LogP contribution is -2.47. The maximum absolute atomic E-state index is 14.5. The Bertz CT molecular complexity index is 3810. The van der Waals surface area contributed by atoms with Crippen molar-refractivity contribution in [3.05, 3.63) is 213 Å². The normalized spacial score (nSPS) is 19.0. The highest BCUT2D eigenvalue weighted by molar-refractivity contribution is 6.70. The van der Waals surface area contributed by atoms with Gasteiger partial charge in [0.15, 0.2) is 11.6 Å². The van der Waals surface area contributed by atoms with E-state index < -0.39 is 17.9 Å². The van der Waals surface area contributed by atoms with Crippen LogP contribution in [-0.4, -0.2) is 105 Å². The number of likely N-dealkylation sites (tertiary alicyclic amines) is 1. The van der Waals surface area contributed by atoms with Crippen molar-refractivity contribution in [2.75, 3.05) is 63.5 Å². The molecule has 4 fully saturated rings. The third-order valence-electron chi connectivity index (χ3n) is 17.2. The second-order valence-electron chi connectivity index (χ2n) is 22.8. The van der Waals surface area contributed by atoms with E-state index in [0.29, 0.717) is 73.5 Å². The Labute approximate surface area is 538 Å². The van der Waals surface area contributed by atoms with Crippen LogP contribution in [0.3, 0.4) is 0 Å². The topological polar surface area (TPSA) is 124 Å². The summed E-state index contributed by atoms with van der Waals surface area (Å²) >= 11 is 19.5. The van der Waals surface area contributed by atoms with Crippen LogP contribution in [0.25, 0.3) is 21.5 Å². The average molecular weight is 1260 g/mol. The lowest BCUT2D eigenvalue weighted by Gasteiger charge is -2.39. The fourth-order valence-electron chi connectivity index (χ4n) is 12.5. The van der Waals surface area contributed by atoms with Gasteiger partial charge in [0, 0.05) is 72.8 Å². The predicted molar refractivity (Wildman–Crippen MR) is 360 cm³/mol. The number of amides is 2. The smallest absolute Gasteiger partial charge is 0.252 e. The van der Waals surface area contributed by atoms with Crippen LogP contribution in [0.1, 0.15) is 93.2 Å². The minimum atomic E-state index is -0.655. The quantitative estimate of drug-likeness (QED) is 0.132. The van der Waals surface area contributed by atoms with E-state index in [1.54, 1.807) is 31.3 Å². The summed E-state index contributed by atoms with van der Waals surface area (Å²) in [5.74, 6) is 1.54. The molecule has 464 valence electrons. The van der Waals surface area contributed by atoms with Gasteiger partial charge < -0.3 is 43.1 Å². The summed E-state index contributed by atoms with van der Waals surface area (Å²) in [5.41, 5.74) is 7.07. The molecule has 0 radical (unpaired) electrons. The summed E-state index contributed by atoms with van der Waals surface area (Å²) in [6.07, 6.45) is 8.55. The zero-order valence-corrected chi connectivity index (χ0v) is 51.2. The molecular formula is C73H78Cl3N5O8. The van der Waals surface area contributed by atoms with Gasteiger partial charge in [-0.1, -0.05) is 165 Å². The largest absolute Gasteiger partial charge is 0.497 e. The number of hydrogen-bond donors (Lipinski definition) is 0. The first-order valence-corrected chi connectivity index (χ1v) is 31.1. The number of methoxy groups -OCH3 is 2. The highest BCUT2D eigenvalue weighted by atomic mass is 35.5. The van der Waals surface area contributed by atoms with Gasteiger partial charge >= 0.3 is 0 Å². The van der Waals surface area contributed by atoms with Crippen LogP contribution in [0.2, 0.25) is 10.0 Å². The predicted octanol–water partition coefficient (Wildman–Crippen LogP) is 15.9. The molecule has 0 N–H and O–H groups in total. The van der Waals surface area contributed by atoms with Gasteiger partial charge in [-0.3, -0.25) is 19.6 Å². The van der Waals surface area contributed by atoms with Gasteiger partial charge in [0.25, 0.3) is 11.8 Å². The van der Waals surface area contributed by atoms with Crippen LogP contribution in [0.15, 0.2) is 180 Å². The number of anilines is 2. The van der Waals surface area contributed by atoms with Crippen molar-refractivity contribution in [1.29, 1.82) is 0 Å². The maximum atomic E-state index is 14.5. The molecule has 2 atom stereocenters. The molecule has 2 amide bonds. The standard InChI is InChI=1S/C35H34ClN3O4.C28H22Cl2N2O2.C8H14O2.2CH4/c1-41-29-11-7-24(8-12-29)23-39-32-13-10-28(36)22-30(32)33(38-16-14-35(15-17-38)42-18-19-43-35)37-31(34(39)40)21-25-6-9-26-4-2-3-5-27(26)20-25;1-34-23-11-7-18(8-12-23)17-32-26-13-10-22(29)16-24(26)27(30)31-25(28(32)33)15-19-6-9-20-4-2-3-5-21(20)14-19;1-2-4-8(5-3-1)9-6-7-10-8;;/h2-13,20,22,31H,14-19,21,23H2,1H3;2-14,16,25H,15,17H2,1H3;1-7H2;2*1H4. The lowest BCUT2D eigenvalue weighted by atomic mass is 9.94. The van der Waals surface area contributed by atoms with Gasteiger partial charge in [-0.25, -0.2) is 0 Å². The van der Waals surface area contributed by atoms with Gasteiger partial charge in [0.1, 0.15) is 34.6 Å². The van der Waals surface area contributed by atoms with Gasteiger partial charge in [-0.2, -0.15) is 0 Å². The number of aliphatic imine (C=N–C) groups is 2. The molecule has 0 bridgehead atoms. The Morgan fingerprint density at radius 1 is 0.472 bits per heavy atom.